The molecule has 3 aliphatic carbocycles. The molecule has 0 saturated carbocycles. The van der Waals surface area contributed by atoms with E-state index in [4.69, 9.17) is 0 Å². The number of hydrogen-bond donors (Lipinski definition) is 0. The summed E-state index contributed by atoms with van der Waals surface area (Å²) in [5, 5.41) is 2.53. The highest BCUT2D eigenvalue weighted by Gasteiger charge is 2.52. The fourth-order valence-corrected chi connectivity index (χ4v) is 9.95. The molecular formula is C50H35N. The minimum absolute atomic E-state index is 0.104. The highest BCUT2D eigenvalue weighted by Crippen LogP contribution is 2.65. The zero-order chi connectivity index (χ0) is 33.9. The molecule has 0 aromatic heterocycles. The van der Waals surface area contributed by atoms with Gasteiger partial charge in [-0.15, -0.1) is 0 Å². The lowest BCUT2D eigenvalue weighted by Gasteiger charge is -2.33. The second-order valence-electron chi connectivity index (χ2n) is 14.8. The zero-order valence-corrected chi connectivity index (χ0v) is 28.7. The van der Waals surface area contributed by atoms with Gasteiger partial charge in [-0.2, -0.15) is 0 Å². The molecule has 0 aliphatic heterocycles. The van der Waals surface area contributed by atoms with Crippen LogP contribution in [0.3, 0.4) is 0 Å². The van der Waals surface area contributed by atoms with E-state index < -0.39 is 5.41 Å². The fourth-order valence-electron chi connectivity index (χ4n) is 9.95. The Kier molecular flexibility index (Phi) is 5.72. The van der Waals surface area contributed by atoms with Crippen molar-refractivity contribution in [3.05, 3.63) is 209 Å². The lowest BCUT2D eigenvalue weighted by Crippen LogP contribution is -2.26. The van der Waals surface area contributed by atoms with Gasteiger partial charge >= 0.3 is 0 Å². The van der Waals surface area contributed by atoms with Crippen molar-refractivity contribution in [3.8, 4) is 33.4 Å². The molecular weight excluding hydrogens is 615 g/mol. The lowest BCUT2D eigenvalue weighted by molar-refractivity contribution is 0.660. The first kappa shape index (κ1) is 28.6. The molecule has 1 heteroatoms. The van der Waals surface area contributed by atoms with Crippen molar-refractivity contribution in [2.24, 2.45) is 0 Å². The van der Waals surface area contributed by atoms with E-state index in [0.29, 0.717) is 0 Å². The van der Waals surface area contributed by atoms with Crippen molar-refractivity contribution < 1.29 is 0 Å². The van der Waals surface area contributed by atoms with Gasteiger partial charge in [0.1, 0.15) is 0 Å². The van der Waals surface area contributed by atoms with Crippen LogP contribution in [0.5, 0.6) is 0 Å². The van der Waals surface area contributed by atoms with Crippen LogP contribution in [0.1, 0.15) is 47.2 Å². The third-order valence-corrected chi connectivity index (χ3v) is 12.1. The largest absolute Gasteiger partial charge is 0.310 e. The monoisotopic (exact) mass is 649 g/mol. The maximum absolute atomic E-state index is 2.54. The third-order valence-electron chi connectivity index (χ3n) is 12.1. The standard InChI is InChI=1S/C50H35N/c1-49(2)41-24-12-8-18-34(41)37-29-28-33(30-45(37)49)51(32-16-4-3-5-17-32)47-31-46-48(39-22-7-6-21-38(39)47)40-23-11-15-27-44(40)50(46)42-25-13-9-19-35(42)36-20-10-14-26-43(36)50/h3-31H,1-2H3. The van der Waals surface area contributed by atoms with Gasteiger partial charge < -0.3 is 4.90 Å². The molecule has 0 bridgehead atoms. The van der Waals surface area contributed by atoms with Crippen LogP contribution >= 0.6 is 0 Å². The number of nitrogens with zero attached hydrogens (tertiary/aromatic N) is 1. The first-order chi connectivity index (χ1) is 25.1. The maximum Gasteiger partial charge on any atom is 0.0726 e. The average Bonchev–Trinajstić information content (AvgIpc) is 3.74. The van der Waals surface area contributed by atoms with Crippen LogP contribution < -0.4 is 4.90 Å². The Hall–Kier alpha value is -6.18. The molecule has 51 heavy (non-hydrogen) atoms. The molecule has 0 amide bonds. The van der Waals surface area contributed by atoms with E-state index in [-0.39, 0.29) is 5.41 Å². The molecule has 11 rings (SSSR count). The van der Waals surface area contributed by atoms with E-state index >= 15 is 0 Å². The summed E-state index contributed by atoms with van der Waals surface area (Å²) in [6.07, 6.45) is 0. The van der Waals surface area contributed by atoms with Gasteiger partial charge in [-0.1, -0.05) is 159 Å². The van der Waals surface area contributed by atoms with Crippen LogP contribution in [0.25, 0.3) is 44.2 Å². The van der Waals surface area contributed by atoms with Gasteiger partial charge in [0, 0.05) is 22.2 Å². The van der Waals surface area contributed by atoms with Gasteiger partial charge in [0.15, 0.2) is 0 Å². The van der Waals surface area contributed by atoms with Crippen molar-refractivity contribution in [2.45, 2.75) is 24.7 Å². The molecule has 1 nitrogen and oxygen atoms in total. The zero-order valence-electron chi connectivity index (χ0n) is 28.7. The minimum Gasteiger partial charge on any atom is -0.310 e. The summed E-state index contributed by atoms with van der Waals surface area (Å²) in [7, 11) is 0. The number of rotatable bonds is 3. The van der Waals surface area contributed by atoms with E-state index in [2.05, 4.69) is 195 Å². The number of anilines is 3. The van der Waals surface area contributed by atoms with E-state index in [9.17, 15) is 0 Å². The van der Waals surface area contributed by atoms with Crippen LogP contribution in [0.2, 0.25) is 0 Å². The van der Waals surface area contributed by atoms with Crippen LogP contribution in [0, 0.1) is 0 Å². The van der Waals surface area contributed by atoms with Crippen LogP contribution in [-0.4, -0.2) is 0 Å². The molecule has 8 aromatic rings. The molecule has 0 atom stereocenters. The summed E-state index contributed by atoms with van der Waals surface area (Å²) < 4.78 is 0. The van der Waals surface area contributed by atoms with Crippen molar-refractivity contribution in [1.82, 2.24) is 0 Å². The summed E-state index contributed by atoms with van der Waals surface area (Å²) in [5.74, 6) is 0. The Morgan fingerprint density at radius 1 is 0.353 bits per heavy atom. The van der Waals surface area contributed by atoms with Gasteiger partial charge in [-0.25, -0.2) is 0 Å². The van der Waals surface area contributed by atoms with E-state index in [1.165, 1.54) is 88.9 Å². The van der Waals surface area contributed by atoms with Gasteiger partial charge in [0.05, 0.1) is 11.1 Å². The average molecular weight is 650 g/mol. The lowest BCUT2D eigenvalue weighted by atomic mass is 9.70. The smallest absolute Gasteiger partial charge is 0.0726 e. The minimum atomic E-state index is -0.429. The Balaban J connectivity index is 1.25. The molecule has 240 valence electrons. The molecule has 8 aromatic carbocycles. The number of hydrogen-bond acceptors (Lipinski definition) is 1. The predicted molar refractivity (Wildman–Crippen MR) is 212 cm³/mol. The topological polar surface area (TPSA) is 3.24 Å². The fraction of sp³-hybridized carbons (Fsp3) is 0.0800. The predicted octanol–water partition coefficient (Wildman–Crippen LogP) is 13.0. The van der Waals surface area contributed by atoms with E-state index in [1.807, 2.05) is 0 Å². The summed E-state index contributed by atoms with van der Waals surface area (Å²) >= 11 is 0. The van der Waals surface area contributed by atoms with Gasteiger partial charge in [0.25, 0.3) is 0 Å². The van der Waals surface area contributed by atoms with E-state index in [0.717, 1.165) is 5.69 Å². The second-order valence-corrected chi connectivity index (χ2v) is 14.8. The quantitative estimate of drug-likeness (QED) is 0.184. The Labute approximate surface area is 299 Å². The number of para-hydroxylation sites is 1. The van der Waals surface area contributed by atoms with Crippen LogP contribution in [0.4, 0.5) is 17.1 Å². The molecule has 0 heterocycles. The maximum atomic E-state index is 2.54. The highest BCUT2D eigenvalue weighted by molar-refractivity contribution is 6.12. The van der Waals surface area contributed by atoms with Crippen LogP contribution in [0.15, 0.2) is 176 Å². The van der Waals surface area contributed by atoms with E-state index in [1.54, 1.807) is 0 Å². The summed E-state index contributed by atoms with van der Waals surface area (Å²) in [5.41, 5.74) is 19.2. The molecule has 1 spiro atoms. The summed E-state index contributed by atoms with van der Waals surface area (Å²) in [6.45, 7) is 4.74. The molecule has 0 unspecified atom stereocenters. The normalized spacial score (nSPS) is 14.8. The van der Waals surface area contributed by atoms with Gasteiger partial charge in [-0.05, 0) is 102 Å². The Bertz CT molecular complexity index is 2690. The Morgan fingerprint density at radius 3 is 1.51 bits per heavy atom. The van der Waals surface area contributed by atoms with Crippen molar-refractivity contribution in [3.63, 3.8) is 0 Å². The molecule has 0 N–H and O–H groups in total. The van der Waals surface area contributed by atoms with Crippen molar-refractivity contribution in [1.29, 1.82) is 0 Å². The second kappa shape index (κ2) is 10.2. The SMILES string of the molecule is CC1(C)c2ccccc2-c2ccc(N(c3ccccc3)c3cc4c(c5ccccc35)-c3ccccc3C43c4ccccc4-c4ccccc43)cc21. The Morgan fingerprint density at radius 2 is 0.843 bits per heavy atom. The molecule has 3 aliphatic rings. The summed E-state index contributed by atoms with van der Waals surface area (Å²) in [6, 6.07) is 65.9. The number of benzene rings is 8. The first-order valence-electron chi connectivity index (χ1n) is 18.0. The first-order valence-corrected chi connectivity index (χ1v) is 18.0. The molecule has 0 radical (unpaired) electrons. The van der Waals surface area contributed by atoms with Crippen molar-refractivity contribution >= 4 is 27.8 Å². The van der Waals surface area contributed by atoms with Crippen LogP contribution in [-0.2, 0) is 10.8 Å². The van der Waals surface area contributed by atoms with Crippen molar-refractivity contribution in [2.75, 3.05) is 4.90 Å². The highest BCUT2D eigenvalue weighted by atomic mass is 15.1. The summed E-state index contributed by atoms with van der Waals surface area (Å²) in [4.78, 5) is 2.51. The molecule has 0 saturated heterocycles. The molecule has 0 fully saturated rings. The third kappa shape index (κ3) is 3.60. The van der Waals surface area contributed by atoms with Gasteiger partial charge in [-0.3, -0.25) is 0 Å². The number of fused-ring (bicyclic) bond motifs is 15. The van der Waals surface area contributed by atoms with Gasteiger partial charge in [0.2, 0.25) is 0 Å².